The molecule has 1 saturated heterocycles. The first kappa shape index (κ1) is 15.9. The number of Topliss-reactive ketones (excluding diaryl/α,β-unsaturated/α-hetero) is 1. The number of aromatic nitrogens is 2. The van der Waals surface area contributed by atoms with Gasteiger partial charge in [0.2, 0.25) is 6.29 Å². The van der Waals surface area contributed by atoms with E-state index < -0.39 is 11.7 Å². The molecule has 1 aliphatic heterocycles. The highest BCUT2D eigenvalue weighted by Crippen LogP contribution is 2.37. The van der Waals surface area contributed by atoms with Crippen molar-refractivity contribution in [2.45, 2.75) is 59.4 Å². The van der Waals surface area contributed by atoms with Crippen LogP contribution in [-0.2, 0) is 9.53 Å². The molecule has 19 heavy (non-hydrogen) atoms. The molecular weight excluding hydrogens is 244 g/mol. The number of imidazole rings is 1. The number of hydrogen-bond donors (Lipinski definition) is 2. The van der Waals surface area contributed by atoms with Crippen LogP contribution in [0, 0.1) is 5.41 Å². The molecule has 0 bridgehead atoms. The van der Waals surface area contributed by atoms with Crippen LogP contribution >= 0.6 is 0 Å². The number of aromatic amines is 1. The molecule has 5 nitrogen and oxygen atoms in total. The van der Waals surface area contributed by atoms with Crippen LogP contribution in [0.5, 0.6) is 0 Å². The van der Waals surface area contributed by atoms with Gasteiger partial charge in [-0.15, -0.1) is 0 Å². The summed E-state index contributed by atoms with van der Waals surface area (Å²) in [4.78, 5) is 18.7. The topological polar surface area (TPSA) is 75.2 Å². The van der Waals surface area contributed by atoms with Gasteiger partial charge in [0.25, 0.3) is 0 Å². The van der Waals surface area contributed by atoms with E-state index in [-0.39, 0.29) is 17.8 Å². The van der Waals surface area contributed by atoms with Gasteiger partial charge in [0.15, 0.2) is 5.78 Å². The summed E-state index contributed by atoms with van der Waals surface area (Å²) in [6.07, 6.45) is 2.46. The van der Waals surface area contributed by atoms with Gasteiger partial charge in [-0.2, -0.15) is 0 Å². The molecule has 2 unspecified atom stereocenters. The van der Waals surface area contributed by atoms with E-state index in [0.717, 1.165) is 5.69 Å². The average Bonchev–Trinajstić information content (AvgIpc) is 2.90. The van der Waals surface area contributed by atoms with Crippen LogP contribution in [0.2, 0.25) is 0 Å². The lowest BCUT2D eigenvalue weighted by Gasteiger charge is -2.38. The minimum absolute atomic E-state index is 0.0690. The number of ketones is 1. The molecule has 5 heteroatoms. The Bertz CT molecular complexity index is 401. The molecule has 0 amide bonds. The summed E-state index contributed by atoms with van der Waals surface area (Å²) in [7, 11) is 0. The fourth-order valence-electron chi connectivity index (χ4n) is 2.22. The zero-order valence-corrected chi connectivity index (χ0v) is 12.3. The fraction of sp³-hybridized carbons (Fsp3) is 0.714. The lowest BCUT2D eigenvalue weighted by atomic mass is 9.77. The van der Waals surface area contributed by atoms with Crippen molar-refractivity contribution in [3.8, 4) is 0 Å². The molecule has 0 aromatic carbocycles. The monoisotopic (exact) mass is 268 g/mol. The van der Waals surface area contributed by atoms with Crippen LogP contribution in [0.15, 0.2) is 12.5 Å². The summed E-state index contributed by atoms with van der Waals surface area (Å²) < 4.78 is 5.38. The third-order valence-electron chi connectivity index (χ3n) is 3.47. The maximum absolute atomic E-state index is 11.7. The van der Waals surface area contributed by atoms with Crippen LogP contribution in [0.3, 0.4) is 0 Å². The van der Waals surface area contributed by atoms with Gasteiger partial charge in [0.1, 0.15) is 0 Å². The maximum Gasteiger partial charge on any atom is 0.216 e. The van der Waals surface area contributed by atoms with Crippen LogP contribution in [-0.4, -0.2) is 33.3 Å². The Morgan fingerprint density at radius 2 is 2.16 bits per heavy atom. The molecular formula is C14H24N2O3. The van der Waals surface area contributed by atoms with Gasteiger partial charge < -0.3 is 14.8 Å². The molecule has 0 spiro atoms. The highest BCUT2D eigenvalue weighted by Gasteiger charge is 2.43. The minimum Gasteiger partial charge on any atom is -0.362 e. The number of H-pyrrole nitrogens is 1. The molecule has 2 rings (SSSR count). The molecule has 1 aromatic rings. The number of rotatable bonds is 2. The zero-order valence-electron chi connectivity index (χ0n) is 12.3. The largest absolute Gasteiger partial charge is 0.362 e. The highest BCUT2D eigenvalue weighted by molar-refractivity contribution is 5.87. The van der Waals surface area contributed by atoms with Crippen molar-refractivity contribution in [1.82, 2.24) is 9.97 Å². The van der Waals surface area contributed by atoms with Gasteiger partial charge in [-0.05, 0) is 6.42 Å². The third kappa shape index (κ3) is 3.42. The molecule has 3 atom stereocenters. The molecule has 1 aliphatic rings. The van der Waals surface area contributed by atoms with Gasteiger partial charge in [-0.25, -0.2) is 4.98 Å². The zero-order chi connectivity index (χ0) is 14.6. The SMILES string of the molecule is CC.CC(c1cnc[nH]1)C1CC(C)(C)C(=O)[C@H](O)O1. The first-order valence-electron chi connectivity index (χ1n) is 6.78. The number of nitrogens with one attached hydrogen (secondary N) is 1. The lowest BCUT2D eigenvalue weighted by Crippen LogP contribution is -2.47. The van der Waals surface area contributed by atoms with E-state index in [1.165, 1.54) is 0 Å². The average molecular weight is 268 g/mol. The molecule has 0 saturated carbocycles. The second kappa shape index (κ2) is 6.30. The maximum atomic E-state index is 11.7. The van der Waals surface area contributed by atoms with E-state index >= 15 is 0 Å². The highest BCUT2D eigenvalue weighted by atomic mass is 16.6. The number of aliphatic hydroxyl groups is 1. The Morgan fingerprint density at radius 1 is 1.53 bits per heavy atom. The second-order valence-corrected chi connectivity index (χ2v) is 5.27. The number of hydrogen-bond acceptors (Lipinski definition) is 4. The Labute approximate surface area is 114 Å². The van der Waals surface area contributed by atoms with Crippen LogP contribution in [0.4, 0.5) is 0 Å². The van der Waals surface area contributed by atoms with Crippen LogP contribution in [0.25, 0.3) is 0 Å². The van der Waals surface area contributed by atoms with Gasteiger partial charge in [-0.3, -0.25) is 4.79 Å². The molecule has 0 aliphatic carbocycles. The summed E-state index contributed by atoms with van der Waals surface area (Å²) in [5, 5.41) is 9.63. The number of carbonyl (C=O) groups is 1. The molecule has 0 radical (unpaired) electrons. The normalized spacial score (nSPS) is 27.4. The van der Waals surface area contributed by atoms with E-state index in [4.69, 9.17) is 4.74 Å². The predicted octanol–water partition coefficient (Wildman–Crippen LogP) is 2.24. The van der Waals surface area contributed by atoms with E-state index in [2.05, 4.69) is 9.97 Å². The fourth-order valence-corrected chi connectivity index (χ4v) is 2.22. The summed E-state index contributed by atoms with van der Waals surface area (Å²) in [6.45, 7) is 9.68. The lowest BCUT2D eigenvalue weighted by molar-refractivity contribution is -0.198. The molecule has 108 valence electrons. The summed E-state index contributed by atoms with van der Waals surface area (Å²) in [5.74, 6) is -0.176. The molecule has 2 heterocycles. The van der Waals surface area contributed by atoms with Crippen molar-refractivity contribution < 1.29 is 14.6 Å². The van der Waals surface area contributed by atoms with Crippen molar-refractivity contribution in [3.05, 3.63) is 18.2 Å². The van der Waals surface area contributed by atoms with E-state index in [9.17, 15) is 9.90 Å². The van der Waals surface area contributed by atoms with E-state index in [0.29, 0.717) is 6.42 Å². The van der Waals surface area contributed by atoms with Crippen molar-refractivity contribution in [2.75, 3.05) is 0 Å². The quantitative estimate of drug-likeness (QED) is 0.862. The number of aliphatic hydroxyl groups excluding tert-OH is 1. The summed E-state index contributed by atoms with van der Waals surface area (Å²) >= 11 is 0. The summed E-state index contributed by atoms with van der Waals surface area (Å²) in [5.41, 5.74) is 0.406. The molecule has 2 N–H and O–H groups in total. The van der Waals surface area contributed by atoms with Gasteiger partial charge in [0, 0.05) is 23.2 Å². The third-order valence-corrected chi connectivity index (χ3v) is 3.47. The van der Waals surface area contributed by atoms with Crippen molar-refractivity contribution in [1.29, 1.82) is 0 Å². The Hall–Kier alpha value is -1.20. The number of nitrogens with zero attached hydrogens (tertiary/aromatic N) is 1. The van der Waals surface area contributed by atoms with Crippen molar-refractivity contribution >= 4 is 5.78 Å². The van der Waals surface area contributed by atoms with Crippen LogP contribution < -0.4 is 0 Å². The van der Waals surface area contributed by atoms with Gasteiger partial charge >= 0.3 is 0 Å². The Balaban J connectivity index is 0.000000861. The number of carbonyl (C=O) groups excluding carboxylic acids is 1. The van der Waals surface area contributed by atoms with Gasteiger partial charge in [0.05, 0.1) is 12.4 Å². The number of ether oxygens (including phenoxy) is 1. The second-order valence-electron chi connectivity index (χ2n) is 5.27. The standard InChI is InChI=1S/C12H18N2O3.C2H6/c1-7(8-5-13-6-14-8)9-4-12(2,3)10(15)11(16)17-9;1-2/h5-7,9,11,16H,4H2,1-3H3,(H,13,14);1-2H3/t7?,9?,11-;/m1./s1. The first-order valence-corrected chi connectivity index (χ1v) is 6.78. The first-order chi connectivity index (χ1) is 8.92. The van der Waals surface area contributed by atoms with E-state index in [1.807, 2.05) is 34.6 Å². The Kier molecular flexibility index (Phi) is 5.26. The Morgan fingerprint density at radius 3 is 2.63 bits per heavy atom. The molecule has 1 fully saturated rings. The van der Waals surface area contributed by atoms with Crippen LogP contribution in [0.1, 0.15) is 52.7 Å². The minimum atomic E-state index is -1.31. The summed E-state index contributed by atoms with van der Waals surface area (Å²) in [6, 6.07) is 0. The van der Waals surface area contributed by atoms with Gasteiger partial charge in [-0.1, -0.05) is 34.6 Å². The predicted molar refractivity (Wildman–Crippen MR) is 72.6 cm³/mol. The van der Waals surface area contributed by atoms with E-state index in [1.54, 1.807) is 12.5 Å². The smallest absolute Gasteiger partial charge is 0.216 e. The molecule has 1 aromatic heterocycles. The van der Waals surface area contributed by atoms with Crippen molar-refractivity contribution in [3.63, 3.8) is 0 Å². The van der Waals surface area contributed by atoms with Crippen molar-refractivity contribution in [2.24, 2.45) is 5.41 Å².